The molecule has 18 heavy (non-hydrogen) atoms. The van der Waals surface area contributed by atoms with Crippen molar-refractivity contribution in [2.75, 3.05) is 0 Å². The van der Waals surface area contributed by atoms with Crippen molar-refractivity contribution in [1.29, 1.82) is 0 Å². The van der Waals surface area contributed by atoms with Gasteiger partial charge in [-0.2, -0.15) is 0 Å². The zero-order valence-electron chi connectivity index (χ0n) is 9.07. The Bertz CT molecular complexity index is 462. The maximum atomic E-state index is 2.46. The summed E-state index contributed by atoms with van der Waals surface area (Å²) in [5, 5.41) is 8.69. The van der Waals surface area contributed by atoms with E-state index >= 15 is 0 Å². The fraction of sp³-hybridized carbons (Fsp3) is 0. The third-order valence-electron chi connectivity index (χ3n) is 2.04. The van der Waals surface area contributed by atoms with Crippen LogP contribution in [0.1, 0.15) is 0 Å². The zero-order valence-corrected chi connectivity index (χ0v) is 17.0. The minimum atomic E-state index is 0.00319. The molecule has 3 heterocycles. The van der Waals surface area contributed by atoms with Gasteiger partial charge in [-0.05, 0) is 0 Å². The summed E-state index contributed by atoms with van der Waals surface area (Å²) >= 11 is 7.39. The number of rotatable bonds is 2. The maximum absolute atomic E-state index is 2.46. The van der Waals surface area contributed by atoms with Gasteiger partial charge in [0, 0.05) is 0 Å². The monoisotopic (exact) mass is 540 g/mol. The topological polar surface area (TPSA) is 0 Å². The van der Waals surface area contributed by atoms with Crippen LogP contribution in [0.4, 0.5) is 0 Å². The van der Waals surface area contributed by atoms with E-state index in [0.29, 0.717) is 0 Å². The Morgan fingerprint density at radius 2 is 1.22 bits per heavy atom. The third-order valence-corrected chi connectivity index (χ3v) is 15.5. The van der Waals surface area contributed by atoms with Crippen LogP contribution in [0.3, 0.4) is 0 Å². The fourth-order valence-electron chi connectivity index (χ4n) is 1.33. The van der Waals surface area contributed by atoms with Crippen LogP contribution in [0.5, 0.6) is 0 Å². The molecular formula is C12H8S4Te2. The van der Waals surface area contributed by atoms with Gasteiger partial charge in [-0.1, -0.05) is 0 Å². The molecule has 0 N–H and O–H groups in total. The summed E-state index contributed by atoms with van der Waals surface area (Å²) in [6, 6.07) is 0. The van der Waals surface area contributed by atoms with Gasteiger partial charge in [-0.3, -0.25) is 0 Å². The first-order valence-corrected chi connectivity index (χ1v) is 13.6. The van der Waals surface area contributed by atoms with Crippen molar-refractivity contribution in [2.45, 2.75) is 0 Å². The van der Waals surface area contributed by atoms with Gasteiger partial charge in [0.25, 0.3) is 0 Å². The molecule has 0 unspecified atom stereocenters. The summed E-state index contributed by atoms with van der Waals surface area (Å²) in [5.41, 5.74) is 1.52. The van der Waals surface area contributed by atoms with Crippen LogP contribution in [0.25, 0.3) is 0 Å². The van der Waals surface area contributed by atoms with Gasteiger partial charge in [0.05, 0.1) is 0 Å². The van der Waals surface area contributed by atoms with Crippen molar-refractivity contribution in [3.63, 3.8) is 0 Å². The van der Waals surface area contributed by atoms with E-state index in [0.717, 1.165) is 0 Å². The van der Waals surface area contributed by atoms with Crippen molar-refractivity contribution in [3.05, 3.63) is 57.7 Å². The summed E-state index contributed by atoms with van der Waals surface area (Å²) in [6.45, 7) is 0. The molecule has 0 aromatic rings. The third kappa shape index (κ3) is 3.96. The van der Waals surface area contributed by atoms with Crippen LogP contribution in [0, 0.1) is 0 Å². The van der Waals surface area contributed by atoms with Gasteiger partial charge in [0.1, 0.15) is 0 Å². The van der Waals surface area contributed by atoms with Crippen molar-refractivity contribution in [2.24, 2.45) is 0 Å². The Balaban J connectivity index is 1.86. The van der Waals surface area contributed by atoms with Crippen molar-refractivity contribution >= 4 is 88.9 Å². The predicted octanol–water partition coefficient (Wildman–Crippen LogP) is 4.68. The van der Waals surface area contributed by atoms with E-state index in [-0.39, 0.29) is 41.8 Å². The van der Waals surface area contributed by atoms with E-state index in [1.54, 1.807) is 1.67 Å². The molecule has 0 radical (unpaired) electrons. The van der Waals surface area contributed by atoms with E-state index < -0.39 is 0 Å². The normalized spacial score (nSPS) is 21.2. The average molecular weight is 536 g/mol. The Hall–Kier alpha value is 1.42. The van der Waals surface area contributed by atoms with Gasteiger partial charge < -0.3 is 0 Å². The molecule has 0 nitrogen and oxygen atoms in total. The molecule has 3 rings (SSSR count). The van der Waals surface area contributed by atoms with Crippen LogP contribution in [0.15, 0.2) is 57.7 Å². The van der Waals surface area contributed by atoms with Crippen molar-refractivity contribution in [1.82, 2.24) is 0 Å². The molecule has 0 atom stereocenters. The summed E-state index contributed by atoms with van der Waals surface area (Å²) in [4.78, 5) is 0. The van der Waals surface area contributed by atoms with E-state index in [9.17, 15) is 0 Å². The molecule has 6 heteroatoms. The van der Waals surface area contributed by atoms with E-state index in [4.69, 9.17) is 0 Å². The Labute approximate surface area is 144 Å². The number of allylic oxidation sites excluding steroid dienone is 3. The SMILES string of the molecule is C1=CSC(=CC(C=C2SC=CS2)=C2[Te]C=C[Te]2)S1. The van der Waals surface area contributed by atoms with Gasteiger partial charge in [0.15, 0.2) is 0 Å². The van der Waals surface area contributed by atoms with Gasteiger partial charge in [0.2, 0.25) is 0 Å². The Morgan fingerprint density at radius 3 is 1.67 bits per heavy atom. The molecule has 0 aliphatic carbocycles. The summed E-state index contributed by atoms with van der Waals surface area (Å²) in [5.74, 6) is 0. The molecule has 92 valence electrons. The first-order chi connectivity index (χ1) is 8.92. The Morgan fingerprint density at radius 1 is 0.778 bits per heavy atom. The van der Waals surface area contributed by atoms with E-state index in [2.05, 4.69) is 42.0 Å². The summed E-state index contributed by atoms with van der Waals surface area (Å²) in [6.07, 6.45) is 4.80. The molecule has 0 aromatic carbocycles. The fourth-order valence-corrected chi connectivity index (χ4v) is 12.6. The van der Waals surface area contributed by atoms with Crippen LogP contribution in [-0.4, -0.2) is 41.8 Å². The molecule has 0 fully saturated rings. The van der Waals surface area contributed by atoms with Crippen molar-refractivity contribution < 1.29 is 0 Å². The predicted molar refractivity (Wildman–Crippen MR) is 92.5 cm³/mol. The Kier molecular flexibility index (Phi) is 5.93. The van der Waals surface area contributed by atoms with Crippen LogP contribution < -0.4 is 0 Å². The molecule has 0 saturated heterocycles. The molecule has 3 aliphatic rings. The molecule has 0 bridgehead atoms. The summed E-state index contributed by atoms with van der Waals surface area (Å²) < 4.78 is 9.55. The molecule has 3 aliphatic heterocycles. The van der Waals surface area contributed by atoms with Gasteiger partial charge >= 0.3 is 147 Å². The second-order valence-electron chi connectivity index (χ2n) is 3.19. The number of hydrogen-bond acceptors (Lipinski definition) is 4. The number of hydrogen-bond donors (Lipinski definition) is 0. The van der Waals surface area contributed by atoms with Crippen LogP contribution in [-0.2, 0) is 0 Å². The molecule has 0 spiro atoms. The quantitative estimate of drug-likeness (QED) is 0.471. The first kappa shape index (κ1) is 14.4. The van der Waals surface area contributed by atoms with Crippen LogP contribution in [0.2, 0.25) is 0 Å². The first-order valence-electron chi connectivity index (χ1n) is 5.04. The van der Waals surface area contributed by atoms with Crippen molar-refractivity contribution in [3.8, 4) is 0 Å². The van der Waals surface area contributed by atoms with Crippen LogP contribution >= 0.6 is 47.0 Å². The summed E-state index contributed by atoms with van der Waals surface area (Å²) in [7, 11) is 0. The minimum absolute atomic E-state index is 0.00319. The molecule has 0 aromatic heterocycles. The number of thioether (sulfide) groups is 4. The second kappa shape index (κ2) is 7.43. The van der Waals surface area contributed by atoms with E-state index in [1.807, 2.05) is 47.0 Å². The van der Waals surface area contributed by atoms with Gasteiger partial charge in [-0.15, -0.1) is 0 Å². The molecular weight excluding hydrogens is 528 g/mol. The second-order valence-corrected chi connectivity index (χ2v) is 15.2. The molecule has 0 amide bonds. The van der Waals surface area contributed by atoms with Gasteiger partial charge in [-0.25, -0.2) is 0 Å². The van der Waals surface area contributed by atoms with E-state index in [1.165, 1.54) is 14.0 Å². The molecule has 0 saturated carbocycles. The average Bonchev–Trinajstić information content (AvgIpc) is 3.13. The standard InChI is InChI=1S/C12H8S4Te2/c1-2-14-10(13-1)7-9(12-17-5-6-18-12)8-11-15-3-4-16-11/h1-8H. The zero-order chi connectivity index (χ0) is 12.2.